The fourth-order valence-corrected chi connectivity index (χ4v) is 5.10. The van der Waals surface area contributed by atoms with E-state index >= 15 is 0 Å². The van der Waals surface area contributed by atoms with Crippen LogP contribution in [0.2, 0.25) is 0 Å². The second-order valence-electron chi connectivity index (χ2n) is 5.13. The molecule has 2 heterocycles. The molecule has 0 radical (unpaired) electrons. The molecule has 1 aromatic heterocycles. The topological polar surface area (TPSA) is 73.1 Å². The van der Waals surface area contributed by atoms with Gasteiger partial charge in [0.15, 0.2) is 9.84 Å². The highest BCUT2D eigenvalue weighted by molar-refractivity contribution is 7.91. The van der Waals surface area contributed by atoms with Gasteiger partial charge in [-0.15, -0.1) is 11.3 Å². The Morgan fingerprint density at radius 3 is 3.06 bits per heavy atom. The largest absolute Gasteiger partial charge is 0.330 e. The molecule has 1 aromatic rings. The summed E-state index contributed by atoms with van der Waals surface area (Å²) in [6, 6.07) is 0. The first kappa shape index (κ1) is 14.0. The number of thiazole rings is 1. The van der Waals surface area contributed by atoms with Gasteiger partial charge in [0.2, 0.25) is 0 Å². The number of aromatic nitrogens is 1. The Morgan fingerprint density at radius 2 is 2.39 bits per heavy atom. The van der Waals surface area contributed by atoms with Crippen molar-refractivity contribution in [2.24, 2.45) is 11.7 Å². The average Bonchev–Trinajstić information content (AvgIpc) is 2.75. The van der Waals surface area contributed by atoms with E-state index in [-0.39, 0.29) is 11.8 Å². The lowest BCUT2D eigenvalue weighted by Crippen LogP contribution is -2.26. The van der Waals surface area contributed by atoms with E-state index in [0.29, 0.717) is 18.1 Å². The van der Waals surface area contributed by atoms with Crippen molar-refractivity contribution in [2.75, 3.05) is 18.1 Å². The van der Waals surface area contributed by atoms with Crippen molar-refractivity contribution >= 4 is 21.2 Å². The fourth-order valence-electron chi connectivity index (χ4n) is 2.29. The Balaban J connectivity index is 1.99. The molecular weight excluding hydrogens is 268 g/mol. The van der Waals surface area contributed by atoms with E-state index in [2.05, 4.69) is 11.9 Å². The Hall–Kier alpha value is -0.460. The van der Waals surface area contributed by atoms with Crippen LogP contribution in [0.5, 0.6) is 0 Å². The van der Waals surface area contributed by atoms with Crippen molar-refractivity contribution in [1.29, 1.82) is 0 Å². The molecule has 102 valence electrons. The predicted octanol–water partition coefficient (Wildman–Crippen LogP) is 1.57. The average molecular weight is 288 g/mol. The highest BCUT2D eigenvalue weighted by Crippen LogP contribution is 2.25. The van der Waals surface area contributed by atoms with Gasteiger partial charge in [-0.2, -0.15) is 0 Å². The van der Waals surface area contributed by atoms with Gasteiger partial charge in [0.1, 0.15) is 0 Å². The van der Waals surface area contributed by atoms with Crippen LogP contribution in [0.15, 0.2) is 5.38 Å². The first-order valence-electron chi connectivity index (χ1n) is 6.35. The minimum atomic E-state index is -2.81. The molecule has 2 N–H and O–H groups in total. The number of hydrogen-bond donors (Lipinski definition) is 1. The van der Waals surface area contributed by atoms with Gasteiger partial charge in [-0.1, -0.05) is 6.92 Å². The van der Waals surface area contributed by atoms with E-state index in [1.807, 2.05) is 5.38 Å². The quantitative estimate of drug-likeness (QED) is 0.913. The maximum Gasteiger partial charge on any atom is 0.150 e. The number of rotatable bonds is 4. The molecule has 0 saturated carbocycles. The van der Waals surface area contributed by atoms with Crippen molar-refractivity contribution in [1.82, 2.24) is 4.98 Å². The zero-order valence-corrected chi connectivity index (χ0v) is 12.3. The summed E-state index contributed by atoms with van der Waals surface area (Å²) in [5.74, 6) is 1.21. The number of sulfone groups is 1. The monoisotopic (exact) mass is 288 g/mol. The van der Waals surface area contributed by atoms with Gasteiger partial charge in [-0.25, -0.2) is 13.4 Å². The number of hydrogen-bond acceptors (Lipinski definition) is 5. The smallest absolute Gasteiger partial charge is 0.150 e. The van der Waals surface area contributed by atoms with Crippen LogP contribution in [0.4, 0.5) is 0 Å². The summed E-state index contributed by atoms with van der Waals surface area (Å²) < 4.78 is 23.2. The molecule has 0 aliphatic carbocycles. The summed E-state index contributed by atoms with van der Waals surface area (Å²) in [6.07, 6.45) is 2.59. The van der Waals surface area contributed by atoms with Crippen LogP contribution in [0.3, 0.4) is 0 Å². The van der Waals surface area contributed by atoms with Crippen LogP contribution < -0.4 is 5.73 Å². The summed E-state index contributed by atoms with van der Waals surface area (Å²) in [6.45, 7) is 2.66. The number of nitrogens with two attached hydrogens (primary N) is 1. The zero-order valence-electron chi connectivity index (χ0n) is 10.6. The van der Waals surface area contributed by atoms with Gasteiger partial charge in [0, 0.05) is 24.3 Å². The lowest BCUT2D eigenvalue weighted by molar-refractivity contribution is 0.482. The summed E-state index contributed by atoms with van der Waals surface area (Å²) >= 11 is 1.63. The van der Waals surface area contributed by atoms with E-state index in [1.54, 1.807) is 11.3 Å². The molecule has 2 rings (SSSR count). The third kappa shape index (κ3) is 3.52. The van der Waals surface area contributed by atoms with Crippen molar-refractivity contribution in [3.8, 4) is 0 Å². The van der Waals surface area contributed by atoms with Crippen LogP contribution in [0, 0.1) is 5.92 Å². The van der Waals surface area contributed by atoms with E-state index in [4.69, 9.17) is 5.73 Å². The minimum absolute atomic E-state index is 0.246. The molecular formula is C12H20N2O2S2. The van der Waals surface area contributed by atoms with Crippen LogP contribution in [-0.4, -0.2) is 31.5 Å². The zero-order chi connectivity index (χ0) is 13.2. The minimum Gasteiger partial charge on any atom is -0.330 e. The standard InChI is InChI=1S/C12H20N2O2S2/c1-9(6-13)11-7-17-12(14-11)5-10-3-2-4-18(15,16)8-10/h7,9-10H,2-6,8,13H2,1H3. The molecule has 1 aliphatic rings. The summed E-state index contributed by atoms with van der Waals surface area (Å²) in [4.78, 5) is 4.57. The SMILES string of the molecule is CC(CN)c1csc(CC2CCCS(=O)(=O)C2)n1. The predicted molar refractivity (Wildman–Crippen MR) is 74.7 cm³/mol. The Bertz CT molecular complexity index is 496. The van der Waals surface area contributed by atoms with Gasteiger partial charge in [-0.3, -0.25) is 0 Å². The van der Waals surface area contributed by atoms with Crippen LogP contribution in [0.25, 0.3) is 0 Å². The summed E-state index contributed by atoms with van der Waals surface area (Å²) in [7, 11) is -2.81. The Labute approximate surface area is 113 Å². The van der Waals surface area contributed by atoms with Crippen molar-refractivity contribution in [3.63, 3.8) is 0 Å². The normalized spacial score (nSPS) is 24.9. The molecule has 1 aliphatic heterocycles. The molecule has 1 fully saturated rings. The van der Waals surface area contributed by atoms with Gasteiger partial charge < -0.3 is 5.73 Å². The first-order chi connectivity index (χ1) is 8.50. The van der Waals surface area contributed by atoms with E-state index < -0.39 is 9.84 Å². The summed E-state index contributed by atoms with van der Waals surface area (Å²) in [5, 5.41) is 3.09. The molecule has 0 aromatic carbocycles. The van der Waals surface area contributed by atoms with Crippen molar-refractivity contribution in [3.05, 3.63) is 16.1 Å². The highest BCUT2D eigenvalue weighted by atomic mass is 32.2. The van der Waals surface area contributed by atoms with Crippen LogP contribution in [-0.2, 0) is 16.3 Å². The maximum absolute atomic E-state index is 11.6. The molecule has 0 bridgehead atoms. The van der Waals surface area contributed by atoms with Gasteiger partial charge in [0.25, 0.3) is 0 Å². The van der Waals surface area contributed by atoms with Gasteiger partial charge in [0.05, 0.1) is 22.2 Å². The molecule has 0 spiro atoms. The second kappa shape index (κ2) is 5.67. The lowest BCUT2D eigenvalue weighted by atomic mass is 10.0. The van der Waals surface area contributed by atoms with E-state index in [1.165, 1.54) is 0 Å². The molecule has 2 unspecified atom stereocenters. The lowest BCUT2D eigenvalue weighted by Gasteiger charge is -2.20. The van der Waals surface area contributed by atoms with Crippen LogP contribution >= 0.6 is 11.3 Å². The molecule has 18 heavy (non-hydrogen) atoms. The fraction of sp³-hybridized carbons (Fsp3) is 0.750. The highest BCUT2D eigenvalue weighted by Gasteiger charge is 2.25. The molecule has 2 atom stereocenters. The molecule has 0 amide bonds. The third-order valence-electron chi connectivity index (χ3n) is 3.45. The molecule has 6 heteroatoms. The first-order valence-corrected chi connectivity index (χ1v) is 9.05. The number of nitrogens with zero attached hydrogens (tertiary/aromatic N) is 1. The van der Waals surface area contributed by atoms with Gasteiger partial charge >= 0.3 is 0 Å². The van der Waals surface area contributed by atoms with E-state index in [0.717, 1.165) is 30.0 Å². The molecule has 4 nitrogen and oxygen atoms in total. The van der Waals surface area contributed by atoms with E-state index in [9.17, 15) is 8.42 Å². The third-order valence-corrected chi connectivity index (χ3v) is 6.23. The van der Waals surface area contributed by atoms with Gasteiger partial charge in [-0.05, 0) is 18.8 Å². The van der Waals surface area contributed by atoms with Crippen molar-refractivity contribution < 1.29 is 8.42 Å². The second-order valence-corrected chi connectivity index (χ2v) is 8.30. The summed E-state index contributed by atoms with van der Waals surface area (Å²) in [5.41, 5.74) is 6.66. The molecule has 1 saturated heterocycles. The van der Waals surface area contributed by atoms with Crippen molar-refractivity contribution in [2.45, 2.75) is 32.1 Å². The Kier molecular flexibility index (Phi) is 4.40. The Morgan fingerprint density at radius 1 is 1.61 bits per heavy atom. The maximum atomic E-state index is 11.6. The van der Waals surface area contributed by atoms with Crippen LogP contribution in [0.1, 0.15) is 36.4 Å².